The molecule has 0 spiro atoms. The maximum Gasteiger partial charge on any atom is 0.165 e. The quantitative estimate of drug-likeness (QED) is 0.446. The van der Waals surface area contributed by atoms with Crippen molar-refractivity contribution in [2.75, 3.05) is 25.1 Å². The third-order valence-corrected chi connectivity index (χ3v) is 5.49. The summed E-state index contributed by atoms with van der Waals surface area (Å²) in [5.74, 6) is 2.64. The van der Waals surface area contributed by atoms with E-state index in [9.17, 15) is 0 Å². The van der Waals surface area contributed by atoms with Crippen LogP contribution in [0.15, 0.2) is 24.5 Å². The van der Waals surface area contributed by atoms with Crippen molar-refractivity contribution in [1.82, 2.24) is 14.4 Å². The Balaban J connectivity index is 2.25. The number of hydrogen-bond donors (Lipinski definition) is 0. The number of ether oxygens (including phenoxy) is 1. The fourth-order valence-electron chi connectivity index (χ4n) is 4.23. The zero-order chi connectivity index (χ0) is 21.8. The molecule has 162 valence electrons. The van der Waals surface area contributed by atoms with E-state index in [1.54, 1.807) is 7.11 Å². The van der Waals surface area contributed by atoms with Crippen molar-refractivity contribution < 1.29 is 4.74 Å². The van der Waals surface area contributed by atoms with Crippen LogP contribution in [0.1, 0.15) is 57.4 Å². The number of methoxy groups -OCH3 is 1. The summed E-state index contributed by atoms with van der Waals surface area (Å²) in [4.78, 5) is 12.4. The van der Waals surface area contributed by atoms with Gasteiger partial charge in [0.15, 0.2) is 5.65 Å². The van der Waals surface area contributed by atoms with Crippen LogP contribution < -0.4 is 9.64 Å². The lowest BCUT2D eigenvalue weighted by Gasteiger charge is -2.27. The molecule has 1 aromatic carbocycles. The van der Waals surface area contributed by atoms with Gasteiger partial charge in [0, 0.05) is 31.0 Å². The van der Waals surface area contributed by atoms with Gasteiger partial charge in [-0.2, -0.15) is 0 Å². The Bertz CT molecular complexity index is 1010. The minimum absolute atomic E-state index is 0.581. The molecule has 30 heavy (non-hydrogen) atoms. The molecule has 0 aliphatic heterocycles. The van der Waals surface area contributed by atoms with Gasteiger partial charge < -0.3 is 9.64 Å². The number of unbranched alkanes of at least 4 members (excludes halogenated alkanes) is 1. The Labute approximate surface area is 181 Å². The van der Waals surface area contributed by atoms with E-state index in [0.717, 1.165) is 53.4 Å². The summed E-state index contributed by atoms with van der Waals surface area (Å²) in [5, 5.41) is 0. The number of imidazole rings is 1. The van der Waals surface area contributed by atoms with Crippen molar-refractivity contribution >= 4 is 11.5 Å². The number of rotatable bonds is 9. The van der Waals surface area contributed by atoms with Crippen LogP contribution in [0.25, 0.3) is 16.9 Å². The Morgan fingerprint density at radius 2 is 1.93 bits per heavy atom. The molecule has 0 bridgehead atoms. The third-order valence-electron chi connectivity index (χ3n) is 5.49. The molecular weight excluding hydrogens is 372 g/mol. The zero-order valence-corrected chi connectivity index (χ0v) is 19.6. The van der Waals surface area contributed by atoms with E-state index in [1.807, 2.05) is 6.20 Å². The Hall–Kier alpha value is -2.56. The highest BCUT2D eigenvalue weighted by atomic mass is 16.5. The summed E-state index contributed by atoms with van der Waals surface area (Å²) in [6, 6.07) is 4.25. The highest BCUT2D eigenvalue weighted by Crippen LogP contribution is 2.37. The number of benzene rings is 1. The number of fused-ring (bicyclic) bond motifs is 1. The monoisotopic (exact) mass is 408 g/mol. The summed E-state index contributed by atoms with van der Waals surface area (Å²) < 4.78 is 7.97. The van der Waals surface area contributed by atoms with Crippen molar-refractivity contribution in [2.24, 2.45) is 5.92 Å². The summed E-state index contributed by atoms with van der Waals surface area (Å²) in [5.41, 5.74) is 6.27. The molecule has 3 aromatic rings. The first kappa shape index (κ1) is 22.1. The molecule has 0 saturated heterocycles. The van der Waals surface area contributed by atoms with Gasteiger partial charge in [0.1, 0.15) is 17.3 Å². The Morgan fingerprint density at radius 1 is 1.17 bits per heavy atom. The number of hydrogen-bond acceptors (Lipinski definition) is 4. The summed E-state index contributed by atoms with van der Waals surface area (Å²) in [6.45, 7) is 15.3. The molecule has 2 aromatic heterocycles. The molecule has 0 fully saturated rings. The molecule has 0 atom stereocenters. The first-order valence-electron chi connectivity index (χ1n) is 11.2. The maximum absolute atomic E-state index is 5.74. The van der Waals surface area contributed by atoms with E-state index < -0.39 is 0 Å². The topological polar surface area (TPSA) is 42.7 Å². The van der Waals surface area contributed by atoms with Crippen LogP contribution in [0.5, 0.6) is 5.75 Å². The second-order valence-corrected chi connectivity index (χ2v) is 8.56. The number of anilines is 1. The molecule has 5 nitrogen and oxygen atoms in total. The second-order valence-electron chi connectivity index (χ2n) is 8.56. The number of aromatic nitrogens is 3. The van der Waals surface area contributed by atoms with Gasteiger partial charge >= 0.3 is 0 Å². The van der Waals surface area contributed by atoms with E-state index in [2.05, 4.69) is 69.2 Å². The molecule has 0 N–H and O–H groups in total. The second kappa shape index (κ2) is 9.50. The Morgan fingerprint density at radius 3 is 2.57 bits per heavy atom. The SMILES string of the molecule is CCCCN(CC(C)C)c1c(CC)nc2c(-c3c(C)cc(C)cc3OC)nccn12. The van der Waals surface area contributed by atoms with E-state index in [4.69, 9.17) is 14.7 Å². The highest BCUT2D eigenvalue weighted by Gasteiger charge is 2.23. The largest absolute Gasteiger partial charge is 0.496 e. The fourth-order valence-corrected chi connectivity index (χ4v) is 4.23. The van der Waals surface area contributed by atoms with Gasteiger partial charge in [-0.25, -0.2) is 4.98 Å². The van der Waals surface area contributed by atoms with Crippen molar-refractivity contribution in [3.05, 3.63) is 41.3 Å². The van der Waals surface area contributed by atoms with E-state index in [0.29, 0.717) is 5.92 Å². The van der Waals surface area contributed by atoms with Gasteiger partial charge in [-0.3, -0.25) is 9.38 Å². The zero-order valence-electron chi connectivity index (χ0n) is 19.6. The van der Waals surface area contributed by atoms with Crippen LogP contribution in [0.3, 0.4) is 0 Å². The highest BCUT2D eigenvalue weighted by molar-refractivity contribution is 5.82. The average molecular weight is 409 g/mol. The average Bonchev–Trinajstić information content (AvgIpc) is 3.09. The van der Waals surface area contributed by atoms with E-state index >= 15 is 0 Å². The summed E-state index contributed by atoms with van der Waals surface area (Å²) in [7, 11) is 1.72. The predicted molar refractivity (Wildman–Crippen MR) is 126 cm³/mol. The van der Waals surface area contributed by atoms with Crippen LogP contribution in [-0.2, 0) is 6.42 Å². The number of aryl methyl sites for hydroxylation is 3. The first-order valence-corrected chi connectivity index (χ1v) is 11.2. The van der Waals surface area contributed by atoms with Crippen LogP contribution in [-0.4, -0.2) is 34.6 Å². The van der Waals surface area contributed by atoms with Crippen LogP contribution >= 0.6 is 0 Å². The van der Waals surface area contributed by atoms with Gasteiger partial charge in [-0.05, 0) is 49.8 Å². The van der Waals surface area contributed by atoms with Crippen molar-refractivity contribution in [3.63, 3.8) is 0 Å². The minimum atomic E-state index is 0.581. The lowest BCUT2D eigenvalue weighted by molar-refractivity contribution is 0.415. The summed E-state index contributed by atoms with van der Waals surface area (Å²) in [6.07, 6.45) is 7.18. The summed E-state index contributed by atoms with van der Waals surface area (Å²) >= 11 is 0. The van der Waals surface area contributed by atoms with Crippen LogP contribution in [0.4, 0.5) is 5.82 Å². The molecule has 0 unspecified atom stereocenters. The predicted octanol–water partition coefficient (Wildman–Crippen LogP) is 5.85. The maximum atomic E-state index is 5.74. The van der Waals surface area contributed by atoms with Crippen molar-refractivity contribution in [3.8, 4) is 17.0 Å². The van der Waals surface area contributed by atoms with Gasteiger partial charge in [-0.15, -0.1) is 0 Å². The minimum Gasteiger partial charge on any atom is -0.496 e. The third kappa shape index (κ3) is 4.30. The molecule has 3 rings (SSSR count). The lowest BCUT2D eigenvalue weighted by Crippen LogP contribution is -2.30. The molecular formula is C25H36N4O. The molecule has 0 radical (unpaired) electrons. The van der Waals surface area contributed by atoms with E-state index in [-0.39, 0.29) is 0 Å². The fraction of sp³-hybridized carbons (Fsp3) is 0.520. The lowest BCUT2D eigenvalue weighted by atomic mass is 10.0. The molecule has 2 heterocycles. The first-order chi connectivity index (χ1) is 14.4. The van der Waals surface area contributed by atoms with Gasteiger partial charge in [0.05, 0.1) is 12.8 Å². The smallest absolute Gasteiger partial charge is 0.165 e. The molecule has 0 aliphatic rings. The van der Waals surface area contributed by atoms with Gasteiger partial charge in [0.25, 0.3) is 0 Å². The van der Waals surface area contributed by atoms with Gasteiger partial charge in [0.2, 0.25) is 0 Å². The standard InChI is InChI=1S/C25H36N4O/c1-8-10-12-28(16-17(3)4)25-20(9-2)27-24-23(26-11-13-29(24)25)22-19(6)14-18(5)15-21(22)30-7/h11,13-15,17H,8-10,12,16H2,1-7H3. The molecule has 5 heteroatoms. The van der Waals surface area contributed by atoms with Crippen LogP contribution in [0, 0.1) is 19.8 Å². The molecule has 0 amide bonds. The van der Waals surface area contributed by atoms with Crippen LogP contribution in [0.2, 0.25) is 0 Å². The van der Waals surface area contributed by atoms with Gasteiger partial charge in [-0.1, -0.05) is 40.2 Å². The normalized spacial score (nSPS) is 11.5. The molecule has 0 saturated carbocycles. The number of nitrogens with zero attached hydrogens (tertiary/aromatic N) is 4. The van der Waals surface area contributed by atoms with E-state index in [1.165, 1.54) is 24.2 Å². The van der Waals surface area contributed by atoms with Crippen molar-refractivity contribution in [1.29, 1.82) is 0 Å². The molecule has 0 aliphatic carbocycles. The Kier molecular flexibility index (Phi) is 7.01. The van der Waals surface area contributed by atoms with Crippen molar-refractivity contribution in [2.45, 2.75) is 60.8 Å².